The highest BCUT2D eigenvalue weighted by Crippen LogP contribution is 2.24. The van der Waals surface area contributed by atoms with Gasteiger partial charge in [-0.2, -0.15) is 5.26 Å². The molecule has 0 radical (unpaired) electrons. The van der Waals surface area contributed by atoms with Gasteiger partial charge in [-0.1, -0.05) is 13.8 Å². The molecule has 0 spiro atoms. The topological polar surface area (TPSA) is 91.8 Å². The second kappa shape index (κ2) is 4.09. The number of hydrogen-bond acceptors (Lipinski definition) is 4. The van der Waals surface area contributed by atoms with Crippen molar-refractivity contribution in [3.05, 3.63) is 12.2 Å². The van der Waals surface area contributed by atoms with E-state index < -0.39 is 11.5 Å². The summed E-state index contributed by atoms with van der Waals surface area (Å²) in [6, 6.07) is 1.77. The highest BCUT2D eigenvalue weighted by Gasteiger charge is 2.38. The Morgan fingerprint density at radius 1 is 1.67 bits per heavy atom. The molecule has 1 aromatic rings. The maximum Gasteiger partial charge on any atom is 0.331 e. The molecule has 6 nitrogen and oxygen atoms in total. The monoisotopic (exact) mass is 208 g/mol. The molecule has 0 aliphatic heterocycles. The van der Waals surface area contributed by atoms with Crippen molar-refractivity contribution < 1.29 is 9.90 Å². The lowest BCUT2D eigenvalue weighted by molar-refractivity contribution is -0.148. The molecule has 0 aliphatic rings. The highest BCUT2D eigenvalue weighted by atomic mass is 16.4. The minimum Gasteiger partial charge on any atom is -0.479 e. The van der Waals surface area contributed by atoms with Gasteiger partial charge in [0.05, 0.1) is 0 Å². The van der Waals surface area contributed by atoms with E-state index in [1.807, 2.05) is 0 Å². The summed E-state index contributed by atoms with van der Waals surface area (Å²) in [6.07, 6.45) is 2.08. The fourth-order valence-electron chi connectivity index (χ4n) is 1.49. The van der Waals surface area contributed by atoms with E-state index in [1.165, 1.54) is 11.0 Å². The molecule has 0 aromatic carbocycles. The number of aromatic nitrogens is 3. The second-order valence-corrected chi connectivity index (χ2v) is 3.17. The van der Waals surface area contributed by atoms with E-state index in [0.29, 0.717) is 12.8 Å². The zero-order valence-corrected chi connectivity index (χ0v) is 8.64. The zero-order valence-electron chi connectivity index (χ0n) is 8.64. The molecule has 1 rings (SSSR count). The van der Waals surface area contributed by atoms with Gasteiger partial charge in [0.1, 0.15) is 12.4 Å². The van der Waals surface area contributed by atoms with Gasteiger partial charge in [-0.15, -0.1) is 5.10 Å². The first kappa shape index (κ1) is 11.2. The molecule has 1 heterocycles. The fraction of sp³-hybridized carbons (Fsp3) is 0.556. The maximum atomic E-state index is 11.2. The van der Waals surface area contributed by atoms with Crippen molar-refractivity contribution in [3.63, 3.8) is 0 Å². The molecular weight excluding hydrogens is 196 g/mol. The third-order valence-electron chi connectivity index (χ3n) is 2.60. The van der Waals surface area contributed by atoms with Gasteiger partial charge in [-0.25, -0.2) is 14.5 Å². The average molecular weight is 208 g/mol. The quantitative estimate of drug-likeness (QED) is 0.788. The highest BCUT2D eigenvalue weighted by molar-refractivity contribution is 5.76. The van der Waals surface area contributed by atoms with Crippen LogP contribution >= 0.6 is 0 Å². The van der Waals surface area contributed by atoms with E-state index in [4.69, 9.17) is 5.26 Å². The Morgan fingerprint density at radius 2 is 2.27 bits per heavy atom. The Hall–Kier alpha value is -1.90. The molecule has 80 valence electrons. The van der Waals surface area contributed by atoms with Crippen LogP contribution in [-0.2, 0) is 10.3 Å². The lowest BCUT2D eigenvalue weighted by Gasteiger charge is -2.26. The predicted molar refractivity (Wildman–Crippen MR) is 50.9 cm³/mol. The van der Waals surface area contributed by atoms with Crippen LogP contribution in [0.3, 0.4) is 0 Å². The summed E-state index contributed by atoms with van der Waals surface area (Å²) >= 11 is 0. The Kier molecular flexibility index (Phi) is 3.04. The van der Waals surface area contributed by atoms with Crippen LogP contribution in [-0.4, -0.2) is 25.8 Å². The third-order valence-corrected chi connectivity index (χ3v) is 2.60. The minimum absolute atomic E-state index is 0.0116. The normalized spacial score (nSPS) is 11.0. The third kappa shape index (κ3) is 1.68. The molecule has 0 amide bonds. The standard InChI is InChI=1S/C9H12N4O2/c1-3-9(4-2,8(14)15)13-6-11-7(5-10)12-13/h6H,3-4H2,1-2H3,(H,14,15). The first-order valence-corrected chi connectivity index (χ1v) is 4.66. The fourth-order valence-corrected chi connectivity index (χ4v) is 1.49. The Morgan fingerprint density at radius 3 is 2.60 bits per heavy atom. The van der Waals surface area contributed by atoms with E-state index in [0.717, 1.165) is 0 Å². The molecule has 0 fully saturated rings. The Labute approximate surface area is 87.2 Å². The van der Waals surface area contributed by atoms with Gasteiger partial charge >= 0.3 is 5.97 Å². The van der Waals surface area contributed by atoms with Crippen LogP contribution in [0, 0.1) is 11.3 Å². The number of carbonyl (C=O) groups is 1. The van der Waals surface area contributed by atoms with Gasteiger partial charge in [0.25, 0.3) is 5.82 Å². The molecule has 0 saturated carbocycles. The van der Waals surface area contributed by atoms with E-state index in [1.54, 1.807) is 19.9 Å². The van der Waals surface area contributed by atoms with Crippen molar-refractivity contribution in [1.29, 1.82) is 5.26 Å². The van der Waals surface area contributed by atoms with Crippen LogP contribution in [0.2, 0.25) is 0 Å². The Bertz CT molecular complexity index is 400. The number of carboxylic acids is 1. The van der Waals surface area contributed by atoms with Crippen molar-refractivity contribution in [3.8, 4) is 6.07 Å². The number of nitrogens with zero attached hydrogens (tertiary/aromatic N) is 4. The molecule has 0 aliphatic carbocycles. The van der Waals surface area contributed by atoms with Crippen molar-refractivity contribution in [2.45, 2.75) is 32.2 Å². The van der Waals surface area contributed by atoms with Crippen molar-refractivity contribution in [2.24, 2.45) is 0 Å². The zero-order chi connectivity index (χ0) is 11.5. The number of hydrogen-bond donors (Lipinski definition) is 1. The summed E-state index contributed by atoms with van der Waals surface area (Å²) in [7, 11) is 0. The van der Waals surface area contributed by atoms with Gasteiger partial charge in [0.15, 0.2) is 5.54 Å². The van der Waals surface area contributed by atoms with Gasteiger partial charge in [-0.05, 0) is 12.8 Å². The summed E-state index contributed by atoms with van der Waals surface area (Å²) in [4.78, 5) is 14.9. The van der Waals surface area contributed by atoms with Crippen LogP contribution in [0.4, 0.5) is 0 Å². The molecule has 1 aromatic heterocycles. The first-order chi connectivity index (χ1) is 7.10. The average Bonchev–Trinajstić information content (AvgIpc) is 2.69. The maximum absolute atomic E-state index is 11.2. The lowest BCUT2D eigenvalue weighted by Crippen LogP contribution is -2.41. The van der Waals surface area contributed by atoms with Crippen LogP contribution in [0.25, 0.3) is 0 Å². The second-order valence-electron chi connectivity index (χ2n) is 3.17. The van der Waals surface area contributed by atoms with Crippen molar-refractivity contribution >= 4 is 5.97 Å². The lowest BCUT2D eigenvalue weighted by atomic mass is 9.93. The molecule has 15 heavy (non-hydrogen) atoms. The predicted octanol–water partition coefficient (Wildman–Crippen LogP) is 0.750. The van der Waals surface area contributed by atoms with Gasteiger partial charge in [0.2, 0.25) is 0 Å². The van der Waals surface area contributed by atoms with Crippen molar-refractivity contribution in [2.75, 3.05) is 0 Å². The van der Waals surface area contributed by atoms with Gasteiger partial charge in [0, 0.05) is 0 Å². The van der Waals surface area contributed by atoms with E-state index in [-0.39, 0.29) is 5.82 Å². The van der Waals surface area contributed by atoms with Crippen molar-refractivity contribution in [1.82, 2.24) is 14.8 Å². The first-order valence-electron chi connectivity index (χ1n) is 4.66. The van der Waals surface area contributed by atoms with Crippen LogP contribution in [0.15, 0.2) is 6.33 Å². The number of nitriles is 1. The summed E-state index contributed by atoms with van der Waals surface area (Å²) in [5.74, 6) is -0.968. The van der Waals surface area contributed by atoms with E-state index in [2.05, 4.69) is 10.1 Å². The molecule has 6 heteroatoms. The molecule has 0 unspecified atom stereocenters. The molecule has 1 N–H and O–H groups in total. The van der Waals surface area contributed by atoms with E-state index in [9.17, 15) is 9.90 Å². The summed E-state index contributed by atoms with van der Waals surface area (Å²) in [5.41, 5.74) is -1.10. The summed E-state index contributed by atoms with van der Waals surface area (Å²) < 4.78 is 1.26. The smallest absolute Gasteiger partial charge is 0.331 e. The van der Waals surface area contributed by atoms with Crippen LogP contribution in [0.1, 0.15) is 32.5 Å². The van der Waals surface area contributed by atoms with E-state index >= 15 is 0 Å². The largest absolute Gasteiger partial charge is 0.479 e. The minimum atomic E-state index is -1.10. The number of carboxylic acid groups (broad SMARTS) is 1. The molecule has 0 atom stereocenters. The summed E-state index contributed by atoms with van der Waals surface area (Å²) in [5, 5.41) is 21.6. The van der Waals surface area contributed by atoms with Gasteiger partial charge < -0.3 is 5.11 Å². The SMILES string of the molecule is CCC(CC)(C(=O)O)n1cnc(C#N)n1. The van der Waals surface area contributed by atoms with Crippen LogP contribution < -0.4 is 0 Å². The summed E-state index contributed by atoms with van der Waals surface area (Å²) in [6.45, 7) is 3.54. The molecule has 0 bridgehead atoms. The number of rotatable bonds is 4. The molecular formula is C9H12N4O2. The van der Waals surface area contributed by atoms with Gasteiger partial charge in [-0.3, -0.25) is 0 Å². The number of aliphatic carboxylic acids is 1. The Balaban J connectivity index is 3.21. The van der Waals surface area contributed by atoms with Crippen LogP contribution in [0.5, 0.6) is 0 Å². The molecule has 0 saturated heterocycles.